The molecule has 1 amide bonds. The highest BCUT2D eigenvalue weighted by atomic mass is 35.5. The van der Waals surface area contributed by atoms with Crippen LogP contribution in [0.15, 0.2) is 24.3 Å². The zero-order valence-electron chi connectivity index (χ0n) is 15.7. The summed E-state index contributed by atoms with van der Waals surface area (Å²) in [6.07, 6.45) is 2.48. The van der Waals surface area contributed by atoms with Crippen LogP contribution in [0, 0.1) is 0 Å². The van der Waals surface area contributed by atoms with Gasteiger partial charge in [0.25, 0.3) is 0 Å². The minimum absolute atomic E-state index is 0.107. The molecule has 0 radical (unpaired) electrons. The second-order valence-electron chi connectivity index (χ2n) is 6.91. The second-order valence-corrected chi connectivity index (χ2v) is 9.50. The molecule has 1 heterocycles. The van der Waals surface area contributed by atoms with Crippen molar-refractivity contribution in [2.75, 3.05) is 37.7 Å². The highest BCUT2D eigenvalue weighted by Gasteiger charge is 2.27. The minimum Gasteiger partial charge on any atom is -0.339 e. The topological polar surface area (TPSA) is 57.7 Å². The lowest BCUT2D eigenvalue weighted by Gasteiger charge is -2.38. The Morgan fingerprint density at radius 3 is 2.42 bits per heavy atom. The van der Waals surface area contributed by atoms with Crippen LogP contribution in [0.2, 0.25) is 5.02 Å². The highest BCUT2D eigenvalue weighted by Crippen LogP contribution is 2.27. The zero-order chi connectivity index (χ0) is 19.2. The molecule has 5 nitrogen and oxygen atoms in total. The smallest absolute Gasteiger partial charge is 0.237 e. The first-order chi connectivity index (χ1) is 12.3. The van der Waals surface area contributed by atoms with Gasteiger partial charge < -0.3 is 4.90 Å². The Hall–Kier alpha value is -1.11. The average molecular weight is 401 g/mol. The van der Waals surface area contributed by atoms with Gasteiger partial charge in [-0.25, -0.2) is 8.42 Å². The summed E-state index contributed by atoms with van der Waals surface area (Å²) in [6.45, 7) is 6.68. The lowest BCUT2D eigenvalue weighted by Crippen LogP contribution is -2.50. The first kappa shape index (κ1) is 21.2. The number of amides is 1. The molecule has 1 aliphatic rings. The summed E-state index contributed by atoms with van der Waals surface area (Å²) in [5.41, 5.74) is 1.08. The van der Waals surface area contributed by atoms with E-state index in [0.717, 1.165) is 23.4 Å². The molecule has 1 atom stereocenters. The van der Waals surface area contributed by atoms with Gasteiger partial charge in [0, 0.05) is 37.2 Å². The van der Waals surface area contributed by atoms with Crippen LogP contribution in [0.25, 0.3) is 0 Å². The Labute approximate surface area is 162 Å². The SMILES string of the molecule is CCCCCS(=O)(=O)CC(=O)N1CCN(C(C)c2ccccc2Cl)CC1. The Morgan fingerprint density at radius 2 is 1.81 bits per heavy atom. The number of hydrogen-bond acceptors (Lipinski definition) is 4. The molecule has 1 saturated heterocycles. The molecule has 1 aliphatic heterocycles. The number of unbranched alkanes of at least 4 members (excludes halogenated alkanes) is 2. The van der Waals surface area contributed by atoms with Gasteiger partial charge in [-0.05, 0) is 25.0 Å². The number of halogens is 1. The van der Waals surface area contributed by atoms with E-state index in [2.05, 4.69) is 11.8 Å². The van der Waals surface area contributed by atoms with Gasteiger partial charge in [-0.15, -0.1) is 0 Å². The van der Waals surface area contributed by atoms with Gasteiger partial charge in [0.2, 0.25) is 5.91 Å². The van der Waals surface area contributed by atoms with E-state index >= 15 is 0 Å². The van der Waals surface area contributed by atoms with E-state index in [1.165, 1.54) is 0 Å². The lowest BCUT2D eigenvalue weighted by atomic mass is 10.1. The van der Waals surface area contributed by atoms with Crippen LogP contribution in [0.3, 0.4) is 0 Å². The summed E-state index contributed by atoms with van der Waals surface area (Å²) in [5.74, 6) is -0.529. The maximum Gasteiger partial charge on any atom is 0.237 e. The first-order valence-electron chi connectivity index (χ1n) is 9.30. The van der Waals surface area contributed by atoms with Gasteiger partial charge in [0.1, 0.15) is 5.75 Å². The fourth-order valence-electron chi connectivity index (χ4n) is 3.29. The number of sulfone groups is 1. The number of nitrogens with zero attached hydrogens (tertiary/aromatic N) is 2. The normalized spacial score (nSPS) is 17.3. The largest absolute Gasteiger partial charge is 0.339 e. The van der Waals surface area contributed by atoms with E-state index < -0.39 is 9.84 Å². The lowest BCUT2D eigenvalue weighted by molar-refractivity contribution is -0.130. The number of benzene rings is 1. The van der Waals surface area contributed by atoms with Crippen molar-refractivity contribution in [1.82, 2.24) is 9.80 Å². The van der Waals surface area contributed by atoms with Crippen molar-refractivity contribution >= 4 is 27.3 Å². The van der Waals surface area contributed by atoms with E-state index in [0.29, 0.717) is 32.6 Å². The number of rotatable bonds is 8. The monoisotopic (exact) mass is 400 g/mol. The maximum atomic E-state index is 12.4. The Bertz CT molecular complexity index is 700. The molecule has 0 aromatic heterocycles. The quantitative estimate of drug-likeness (QED) is 0.629. The predicted molar refractivity (Wildman–Crippen MR) is 106 cm³/mol. The Kier molecular flexibility index (Phi) is 7.92. The molecular formula is C19H29ClN2O3S. The van der Waals surface area contributed by atoms with Gasteiger partial charge in [-0.3, -0.25) is 9.69 Å². The third kappa shape index (κ3) is 5.96. The highest BCUT2D eigenvalue weighted by molar-refractivity contribution is 7.92. The number of carbonyl (C=O) groups excluding carboxylic acids is 1. The molecule has 1 fully saturated rings. The molecule has 1 aromatic carbocycles. The van der Waals surface area contributed by atoms with E-state index in [4.69, 9.17) is 11.6 Å². The van der Waals surface area contributed by atoms with Crippen LogP contribution in [-0.2, 0) is 14.6 Å². The molecule has 0 spiro atoms. The fourth-order valence-corrected chi connectivity index (χ4v) is 4.93. The molecule has 0 saturated carbocycles. The molecule has 0 aliphatic carbocycles. The molecule has 2 rings (SSSR count). The van der Waals surface area contributed by atoms with E-state index in [-0.39, 0.29) is 23.5 Å². The maximum absolute atomic E-state index is 12.4. The summed E-state index contributed by atoms with van der Waals surface area (Å²) in [4.78, 5) is 16.3. The van der Waals surface area contributed by atoms with Gasteiger partial charge in [-0.1, -0.05) is 49.6 Å². The van der Waals surface area contributed by atoms with Crippen molar-refractivity contribution in [3.05, 3.63) is 34.9 Å². The molecule has 1 aromatic rings. The third-order valence-corrected chi connectivity index (χ3v) is 6.91. The Balaban J connectivity index is 1.86. The van der Waals surface area contributed by atoms with Crippen LogP contribution in [0.1, 0.15) is 44.7 Å². The van der Waals surface area contributed by atoms with Gasteiger partial charge in [-0.2, -0.15) is 0 Å². The fraction of sp³-hybridized carbons (Fsp3) is 0.632. The van der Waals surface area contributed by atoms with E-state index in [1.54, 1.807) is 4.90 Å². The molecule has 26 heavy (non-hydrogen) atoms. The molecule has 0 bridgehead atoms. The van der Waals surface area contributed by atoms with E-state index in [1.807, 2.05) is 31.2 Å². The summed E-state index contributed by atoms with van der Waals surface area (Å²) < 4.78 is 24.2. The summed E-state index contributed by atoms with van der Waals surface area (Å²) in [7, 11) is -3.30. The van der Waals surface area contributed by atoms with Crippen molar-refractivity contribution in [2.24, 2.45) is 0 Å². The number of carbonyl (C=O) groups is 1. The predicted octanol–water partition coefficient (Wildman–Crippen LogP) is 3.15. The zero-order valence-corrected chi connectivity index (χ0v) is 17.2. The summed E-state index contributed by atoms with van der Waals surface area (Å²) in [5, 5.41) is 0.747. The van der Waals surface area contributed by atoms with Crippen LogP contribution >= 0.6 is 11.6 Å². The molecule has 7 heteroatoms. The average Bonchev–Trinajstić information content (AvgIpc) is 2.61. The van der Waals surface area contributed by atoms with Crippen molar-refractivity contribution in [3.8, 4) is 0 Å². The van der Waals surface area contributed by atoms with Crippen molar-refractivity contribution in [3.63, 3.8) is 0 Å². The van der Waals surface area contributed by atoms with Gasteiger partial charge in [0.15, 0.2) is 9.84 Å². The van der Waals surface area contributed by atoms with Crippen LogP contribution in [0.4, 0.5) is 0 Å². The second kappa shape index (κ2) is 9.72. The number of piperazine rings is 1. The van der Waals surface area contributed by atoms with Gasteiger partial charge in [0.05, 0.1) is 5.75 Å². The summed E-state index contributed by atoms with van der Waals surface area (Å²) >= 11 is 6.28. The summed E-state index contributed by atoms with van der Waals surface area (Å²) in [6, 6.07) is 7.96. The van der Waals surface area contributed by atoms with Crippen molar-refractivity contribution in [1.29, 1.82) is 0 Å². The number of hydrogen-bond donors (Lipinski definition) is 0. The third-order valence-electron chi connectivity index (χ3n) is 4.97. The molecular weight excluding hydrogens is 372 g/mol. The van der Waals surface area contributed by atoms with Crippen LogP contribution in [-0.4, -0.2) is 61.8 Å². The Morgan fingerprint density at radius 1 is 1.15 bits per heavy atom. The standard InChI is InChI=1S/C19H29ClN2O3S/c1-3-4-7-14-26(24,25)15-19(23)22-12-10-21(11-13-22)16(2)17-8-5-6-9-18(17)20/h5-6,8-9,16H,3-4,7,10-15H2,1-2H3. The van der Waals surface area contributed by atoms with Gasteiger partial charge >= 0.3 is 0 Å². The molecule has 146 valence electrons. The van der Waals surface area contributed by atoms with Crippen molar-refractivity contribution < 1.29 is 13.2 Å². The van der Waals surface area contributed by atoms with E-state index in [9.17, 15) is 13.2 Å². The van der Waals surface area contributed by atoms with Crippen LogP contribution < -0.4 is 0 Å². The van der Waals surface area contributed by atoms with Crippen LogP contribution in [0.5, 0.6) is 0 Å². The van der Waals surface area contributed by atoms with Crippen molar-refractivity contribution in [2.45, 2.75) is 39.2 Å². The minimum atomic E-state index is -3.30. The first-order valence-corrected chi connectivity index (χ1v) is 11.5. The molecule has 1 unspecified atom stereocenters. The molecule has 0 N–H and O–H groups in total.